The predicted molar refractivity (Wildman–Crippen MR) is 231 cm³/mol. The first-order valence-electron chi connectivity index (χ1n) is 18.7. The lowest BCUT2D eigenvalue weighted by Gasteiger charge is -2.26. The van der Waals surface area contributed by atoms with Crippen molar-refractivity contribution in [3.63, 3.8) is 0 Å². The van der Waals surface area contributed by atoms with E-state index in [4.69, 9.17) is 4.42 Å². The molecule has 0 saturated heterocycles. The fraction of sp³-hybridized carbons (Fsp3) is 0. The molecule has 0 atom stereocenters. The number of hydrogen-bond donors (Lipinski definition) is 0. The van der Waals surface area contributed by atoms with Crippen LogP contribution in [0.1, 0.15) is 0 Å². The van der Waals surface area contributed by atoms with Crippen LogP contribution in [0, 0.1) is 0 Å². The van der Waals surface area contributed by atoms with Gasteiger partial charge in [-0.3, -0.25) is 0 Å². The van der Waals surface area contributed by atoms with Crippen LogP contribution in [0.15, 0.2) is 211 Å². The van der Waals surface area contributed by atoms with E-state index in [0.717, 1.165) is 50.3 Å². The quantitative estimate of drug-likeness (QED) is 0.172. The fourth-order valence-corrected chi connectivity index (χ4v) is 8.30. The van der Waals surface area contributed by atoms with E-state index >= 15 is 0 Å². The summed E-state index contributed by atoms with van der Waals surface area (Å²) in [5, 5.41) is 7.26. The van der Waals surface area contributed by atoms with Crippen LogP contribution in [0.25, 0.3) is 82.5 Å². The van der Waals surface area contributed by atoms with Gasteiger partial charge in [0.05, 0.1) is 11.0 Å². The maximum Gasteiger partial charge on any atom is 0.137 e. The summed E-state index contributed by atoms with van der Waals surface area (Å²) in [4.78, 5) is 2.31. The van der Waals surface area contributed by atoms with Gasteiger partial charge in [0.1, 0.15) is 11.2 Å². The molecule has 0 spiro atoms. The zero-order valence-corrected chi connectivity index (χ0v) is 29.9. The highest BCUT2D eigenvalue weighted by atomic mass is 16.3. The molecule has 0 bridgehead atoms. The van der Waals surface area contributed by atoms with Crippen LogP contribution in [0.3, 0.4) is 0 Å². The van der Waals surface area contributed by atoms with Crippen LogP contribution >= 0.6 is 0 Å². The predicted octanol–water partition coefficient (Wildman–Crippen LogP) is 14.6. The number of furan rings is 1. The molecule has 0 radical (unpaired) electrons. The SMILES string of the molecule is c1cc(-c2ccc(N(c3ccc(-c4ccc5ccccc5c4)cc3)c3ccc4c(c3)oc3ccccc34)cc2)cc(-n2c3ccccc3c3ccccc32)c1. The highest BCUT2D eigenvalue weighted by molar-refractivity contribution is 6.09. The third-order valence-electron chi connectivity index (χ3n) is 11.0. The van der Waals surface area contributed by atoms with Gasteiger partial charge in [0, 0.05) is 50.4 Å². The number of benzene rings is 9. The summed E-state index contributed by atoms with van der Waals surface area (Å²) in [6.07, 6.45) is 0. The minimum absolute atomic E-state index is 0.870. The maximum atomic E-state index is 6.37. The molecule has 0 N–H and O–H groups in total. The minimum Gasteiger partial charge on any atom is -0.456 e. The normalized spacial score (nSPS) is 11.6. The average Bonchev–Trinajstić information content (AvgIpc) is 3.80. The Labute approximate surface area is 318 Å². The molecular formula is C52H34N2O. The Hall–Kier alpha value is -7.36. The lowest BCUT2D eigenvalue weighted by Crippen LogP contribution is -2.09. The van der Waals surface area contributed by atoms with Crippen molar-refractivity contribution in [2.24, 2.45) is 0 Å². The van der Waals surface area contributed by atoms with Gasteiger partial charge in [-0.05, 0) is 106 Å². The van der Waals surface area contributed by atoms with Crippen molar-refractivity contribution in [2.45, 2.75) is 0 Å². The first kappa shape index (κ1) is 31.2. The average molecular weight is 703 g/mol. The molecule has 0 fully saturated rings. The van der Waals surface area contributed by atoms with Crippen molar-refractivity contribution in [1.29, 1.82) is 0 Å². The van der Waals surface area contributed by atoms with Crippen molar-refractivity contribution < 1.29 is 4.42 Å². The van der Waals surface area contributed by atoms with Crippen LogP contribution in [-0.2, 0) is 0 Å². The first-order valence-corrected chi connectivity index (χ1v) is 18.7. The Morgan fingerprint density at radius 1 is 0.327 bits per heavy atom. The van der Waals surface area contributed by atoms with Crippen molar-refractivity contribution >= 4 is 71.6 Å². The third-order valence-corrected chi connectivity index (χ3v) is 11.0. The number of aromatic nitrogens is 1. The zero-order valence-electron chi connectivity index (χ0n) is 29.9. The molecule has 3 heteroatoms. The highest BCUT2D eigenvalue weighted by Crippen LogP contribution is 2.40. The standard InChI is InChI=1S/C52H34N2O/c1-2-11-38-32-40(21-20-35(38)10-1)37-24-28-42(29-25-37)53(44-30-31-48-47-16-5-8-19-51(47)55-52(48)34-44)41-26-22-36(23-27-41)39-12-9-13-43(33-39)54-49-17-6-3-14-45(49)46-15-4-7-18-50(46)54/h1-34H. The minimum atomic E-state index is 0.870. The summed E-state index contributed by atoms with van der Waals surface area (Å²) in [5.74, 6) is 0. The van der Waals surface area contributed by atoms with Gasteiger partial charge in [-0.2, -0.15) is 0 Å². The summed E-state index contributed by atoms with van der Waals surface area (Å²) in [7, 11) is 0. The molecule has 0 unspecified atom stereocenters. The second-order valence-electron chi connectivity index (χ2n) is 14.2. The van der Waals surface area contributed by atoms with Crippen molar-refractivity contribution in [3.8, 4) is 27.9 Å². The summed E-state index contributed by atoms with van der Waals surface area (Å²) >= 11 is 0. The number of para-hydroxylation sites is 3. The Morgan fingerprint density at radius 2 is 0.873 bits per heavy atom. The number of rotatable bonds is 6. The molecule has 11 rings (SSSR count). The van der Waals surface area contributed by atoms with Crippen LogP contribution in [0.2, 0.25) is 0 Å². The van der Waals surface area contributed by atoms with Gasteiger partial charge in [-0.15, -0.1) is 0 Å². The molecule has 2 aromatic heterocycles. The van der Waals surface area contributed by atoms with Crippen molar-refractivity contribution in [3.05, 3.63) is 206 Å². The smallest absolute Gasteiger partial charge is 0.137 e. The molecule has 11 aromatic rings. The Morgan fingerprint density at radius 3 is 1.58 bits per heavy atom. The molecule has 258 valence electrons. The summed E-state index contributed by atoms with van der Waals surface area (Å²) in [6.45, 7) is 0. The van der Waals surface area contributed by atoms with Gasteiger partial charge in [0.2, 0.25) is 0 Å². The molecule has 0 amide bonds. The molecule has 0 aliphatic rings. The zero-order chi connectivity index (χ0) is 36.3. The largest absolute Gasteiger partial charge is 0.456 e. The van der Waals surface area contributed by atoms with Crippen LogP contribution in [-0.4, -0.2) is 4.57 Å². The Kier molecular flexibility index (Phi) is 7.17. The van der Waals surface area contributed by atoms with E-state index in [-0.39, 0.29) is 0 Å². The first-order chi connectivity index (χ1) is 27.2. The van der Waals surface area contributed by atoms with E-state index in [0.29, 0.717) is 0 Å². The van der Waals surface area contributed by atoms with Crippen LogP contribution in [0.5, 0.6) is 0 Å². The van der Waals surface area contributed by atoms with Gasteiger partial charge >= 0.3 is 0 Å². The number of hydrogen-bond acceptors (Lipinski definition) is 2. The molecule has 3 nitrogen and oxygen atoms in total. The van der Waals surface area contributed by atoms with Crippen molar-refractivity contribution in [1.82, 2.24) is 4.57 Å². The summed E-state index contributed by atoms with van der Waals surface area (Å²) in [6, 6.07) is 74.0. The molecule has 0 aliphatic heterocycles. The maximum absolute atomic E-state index is 6.37. The topological polar surface area (TPSA) is 21.3 Å². The highest BCUT2D eigenvalue weighted by Gasteiger charge is 2.17. The molecular weight excluding hydrogens is 669 g/mol. The molecule has 0 aliphatic carbocycles. The van der Waals surface area contributed by atoms with E-state index in [1.807, 2.05) is 12.1 Å². The van der Waals surface area contributed by atoms with Gasteiger partial charge in [-0.25, -0.2) is 0 Å². The van der Waals surface area contributed by atoms with E-state index in [1.165, 1.54) is 49.3 Å². The van der Waals surface area contributed by atoms with Gasteiger partial charge < -0.3 is 13.9 Å². The lowest BCUT2D eigenvalue weighted by molar-refractivity contribution is 0.669. The third kappa shape index (κ3) is 5.28. The summed E-state index contributed by atoms with van der Waals surface area (Å²) < 4.78 is 8.75. The van der Waals surface area contributed by atoms with Crippen LogP contribution < -0.4 is 4.90 Å². The monoisotopic (exact) mass is 702 g/mol. The lowest BCUT2D eigenvalue weighted by atomic mass is 10.0. The molecule has 55 heavy (non-hydrogen) atoms. The fourth-order valence-electron chi connectivity index (χ4n) is 8.30. The molecule has 2 heterocycles. The molecule has 0 saturated carbocycles. The second kappa shape index (κ2) is 12.6. The Balaban J connectivity index is 0.993. The van der Waals surface area contributed by atoms with Gasteiger partial charge in [-0.1, -0.05) is 127 Å². The van der Waals surface area contributed by atoms with Gasteiger partial charge in [0.25, 0.3) is 0 Å². The van der Waals surface area contributed by atoms with Crippen LogP contribution in [0.4, 0.5) is 17.1 Å². The second-order valence-corrected chi connectivity index (χ2v) is 14.2. The summed E-state index contributed by atoms with van der Waals surface area (Å²) in [5.41, 5.74) is 13.2. The Bertz CT molecular complexity index is 3150. The number of fused-ring (bicyclic) bond motifs is 7. The number of nitrogens with zero attached hydrogens (tertiary/aromatic N) is 2. The van der Waals surface area contributed by atoms with E-state index in [9.17, 15) is 0 Å². The van der Waals surface area contributed by atoms with E-state index in [1.54, 1.807) is 0 Å². The van der Waals surface area contributed by atoms with E-state index < -0.39 is 0 Å². The number of anilines is 3. The molecule has 9 aromatic carbocycles. The van der Waals surface area contributed by atoms with Crippen molar-refractivity contribution in [2.75, 3.05) is 4.90 Å². The van der Waals surface area contributed by atoms with Gasteiger partial charge in [0.15, 0.2) is 0 Å². The van der Waals surface area contributed by atoms with E-state index in [2.05, 4.69) is 204 Å².